The Bertz CT molecular complexity index is 634. The zero-order valence-electron chi connectivity index (χ0n) is 13.2. The molecule has 1 N–H and O–H groups in total. The second-order valence-corrected chi connectivity index (χ2v) is 6.52. The molecular weight excluding hydrogens is 276 g/mol. The topological polar surface area (TPSA) is 62.1 Å². The number of nitrogens with zero attached hydrogens (tertiary/aromatic N) is 1. The summed E-state index contributed by atoms with van der Waals surface area (Å²) in [4.78, 5) is 12.0. The summed E-state index contributed by atoms with van der Waals surface area (Å²) in [6.45, 7) is 4.09. The van der Waals surface area contributed by atoms with E-state index in [1.165, 1.54) is 17.5 Å². The molecule has 1 aliphatic heterocycles. The zero-order valence-corrected chi connectivity index (χ0v) is 13.2. The lowest BCUT2D eigenvalue weighted by Crippen LogP contribution is -2.34. The molecule has 3 rings (SSSR count). The van der Waals surface area contributed by atoms with Gasteiger partial charge in [0.1, 0.15) is 6.04 Å². The average molecular weight is 298 g/mol. The maximum atomic E-state index is 12.0. The Morgan fingerprint density at radius 1 is 1.45 bits per heavy atom. The van der Waals surface area contributed by atoms with Gasteiger partial charge in [-0.1, -0.05) is 18.2 Å². The van der Waals surface area contributed by atoms with Crippen LogP contribution < -0.4 is 5.32 Å². The summed E-state index contributed by atoms with van der Waals surface area (Å²) >= 11 is 0. The van der Waals surface area contributed by atoms with Crippen LogP contribution in [-0.4, -0.2) is 18.6 Å². The first-order chi connectivity index (χ1) is 10.6. The van der Waals surface area contributed by atoms with Crippen LogP contribution in [0.1, 0.15) is 49.4 Å². The molecule has 0 aromatic heterocycles. The highest BCUT2D eigenvalue weighted by Gasteiger charge is 2.47. The number of hydrogen-bond donors (Lipinski definition) is 1. The van der Waals surface area contributed by atoms with Crippen molar-refractivity contribution < 1.29 is 9.53 Å². The molecule has 116 valence electrons. The second-order valence-electron chi connectivity index (χ2n) is 6.52. The molecule has 1 aromatic rings. The number of nitriles is 1. The number of esters is 1. The molecule has 0 amide bonds. The largest absolute Gasteiger partial charge is 0.465 e. The summed E-state index contributed by atoms with van der Waals surface area (Å²) in [6.07, 6.45) is 3.96. The van der Waals surface area contributed by atoms with E-state index in [2.05, 4.69) is 29.6 Å². The van der Waals surface area contributed by atoms with Gasteiger partial charge in [-0.15, -0.1) is 0 Å². The molecule has 1 fully saturated rings. The summed E-state index contributed by atoms with van der Waals surface area (Å²) < 4.78 is 5.11. The van der Waals surface area contributed by atoms with E-state index in [4.69, 9.17) is 4.74 Å². The van der Waals surface area contributed by atoms with Gasteiger partial charge in [-0.05, 0) is 56.2 Å². The molecule has 4 heteroatoms. The van der Waals surface area contributed by atoms with Crippen molar-refractivity contribution in [2.45, 2.75) is 51.6 Å². The van der Waals surface area contributed by atoms with E-state index in [1.807, 2.05) is 6.92 Å². The fraction of sp³-hybridized carbons (Fsp3) is 0.556. The zero-order chi connectivity index (χ0) is 15.7. The van der Waals surface area contributed by atoms with Crippen LogP contribution in [0.25, 0.3) is 0 Å². The molecule has 1 aromatic carbocycles. The Morgan fingerprint density at radius 3 is 2.95 bits per heavy atom. The van der Waals surface area contributed by atoms with E-state index in [1.54, 1.807) is 6.92 Å². The Hall–Kier alpha value is -1.86. The lowest BCUT2D eigenvalue weighted by Gasteiger charge is -2.24. The van der Waals surface area contributed by atoms with Crippen molar-refractivity contribution in [1.29, 1.82) is 5.26 Å². The van der Waals surface area contributed by atoms with Gasteiger partial charge >= 0.3 is 5.97 Å². The number of nitrogens with one attached hydrogen (secondary N) is 1. The molecule has 3 unspecified atom stereocenters. The van der Waals surface area contributed by atoms with Crippen LogP contribution >= 0.6 is 0 Å². The predicted molar refractivity (Wildman–Crippen MR) is 83.1 cm³/mol. The van der Waals surface area contributed by atoms with Gasteiger partial charge in [-0.3, -0.25) is 10.1 Å². The molecule has 0 spiro atoms. The fourth-order valence-corrected chi connectivity index (χ4v) is 3.73. The van der Waals surface area contributed by atoms with E-state index in [0.29, 0.717) is 13.0 Å². The van der Waals surface area contributed by atoms with Crippen LogP contribution in [0, 0.1) is 16.7 Å². The van der Waals surface area contributed by atoms with Crippen molar-refractivity contribution in [2.24, 2.45) is 5.41 Å². The summed E-state index contributed by atoms with van der Waals surface area (Å²) in [5.41, 5.74) is 3.32. The minimum atomic E-state index is -0.593. The Morgan fingerprint density at radius 2 is 2.23 bits per heavy atom. The van der Waals surface area contributed by atoms with Crippen LogP contribution in [-0.2, 0) is 22.4 Å². The first-order valence-corrected chi connectivity index (χ1v) is 8.03. The van der Waals surface area contributed by atoms with Crippen molar-refractivity contribution in [2.75, 3.05) is 6.61 Å². The number of hydrogen-bond acceptors (Lipinski definition) is 4. The number of carbonyl (C=O) groups is 1. The third-order valence-corrected chi connectivity index (χ3v) is 4.92. The van der Waals surface area contributed by atoms with Gasteiger partial charge in [0, 0.05) is 0 Å². The average Bonchev–Trinajstić information content (AvgIpc) is 3.11. The molecule has 2 aliphatic rings. The second kappa shape index (κ2) is 5.73. The van der Waals surface area contributed by atoms with Crippen molar-refractivity contribution >= 4 is 5.97 Å². The molecule has 4 nitrogen and oxygen atoms in total. The van der Waals surface area contributed by atoms with Gasteiger partial charge in [0.2, 0.25) is 0 Å². The highest BCUT2D eigenvalue weighted by Crippen LogP contribution is 2.44. The van der Waals surface area contributed by atoms with Crippen molar-refractivity contribution in [1.82, 2.24) is 5.32 Å². The monoisotopic (exact) mass is 298 g/mol. The van der Waals surface area contributed by atoms with Crippen LogP contribution in [0.5, 0.6) is 0 Å². The van der Waals surface area contributed by atoms with Gasteiger partial charge < -0.3 is 4.74 Å². The molecule has 1 aliphatic carbocycles. The smallest absolute Gasteiger partial charge is 0.323 e. The highest BCUT2D eigenvalue weighted by molar-refractivity contribution is 5.76. The molecule has 0 bridgehead atoms. The normalized spacial score (nSPS) is 29.9. The van der Waals surface area contributed by atoms with Crippen molar-refractivity contribution in [3.8, 4) is 6.07 Å². The first kappa shape index (κ1) is 15.1. The number of fused-ring (bicyclic) bond motifs is 1. The Labute approximate surface area is 131 Å². The summed E-state index contributed by atoms with van der Waals surface area (Å²) in [6, 6.07) is 8.38. The summed E-state index contributed by atoms with van der Waals surface area (Å²) in [5.74, 6) is -0.257. The van der Waals surface area contributed by atoms with Crippen LogP contribution in [0.2, 0.25) is 0 Å². The van der Waals surface area contributed by atoms with Gasteiger partial charge in [0.15, 0.2) is 0 Å². The maximum Gasteiger partial charge on any atom is 0.323 e. The molecule has 3 atom stereocenters. The van der Waals surface area contributed by atoms with E-state index in [9.17, 15) is 10.1 Å². The molecule has 22 heavy (non-hydrogen) atoms. The number of ether oxygens (including phenoxy) is 1. The summed E-state index contributed by atoms with van der Waals surface area (Å²) in [5, 5.41) is 13.0. The molecule has 1 saturated heterocycles. The standard InChI is InChI=1S/C18H22N2O2/c1-3-22-17(21)15-10-18(2,11-19)16(20-15)14-8-7-12-5-4-6-13(12)9-14/h7-9,15-16,20H,3-6,10H2,1-2H3. The third-order valence-electron chi connectivity index (χ3n) is 4.92. The SMILES string of the molecule is CCOC(=O)C1CC(C)(C#N)C(c2ccc3c(c2)CCC3)N1. The summed E-state index contributed by atoms with van der Waals surface area (Å²) in [7, 11) is 0. The molecule has 0 radical (unpaired) electrons. The number of benzene rings is 1. The lowest BCUT2D eigenvalue weighted by molar-refractivity contribution is -0.145. The molecule has 0 saturated carbocycles. The van der Waals surface area contributed by atoms with E-state index < -0.39 is 11.5 Å². The van der Waals surface area contributed by atoms with Gasteiger partial charge in [-0.25, -0.2) is 0 Å². The van der Waals surface area contributed by atoms with Crippen LogP contribution in [0.3, 0.4) is 0 Å². The molecular formula is C18H22N2O2. The number of carbonyl (C=O) groups excluding carboxylic acids is 1. The number of aryl methyl sites for hydroxylation is 2. The Balaban J connectivity index is 1.88. The Kier molecular flexibility index (Phi) is 3.92. The lowest BCUT2D eigenvalue weighted by atomic mass is 9.79. The van der Waals surface area contributed by atoms with Crippen molar-refractivity contribution in [3.63, 3.8) is 0 Å². The van der Waals surface area contributed by atoms with E-state index in [0.717, 1.165) is 18.4 Å². The highest BCUT2D eigenvalue weighted by atomic mass is 16.5. The van der Waals surface area contributed by atoms with E-state index >= 15 is 0 Å². The van der Waals surface area contributed by atoms with Crippen LogP contribution in [0.15, 0.2) is 18.2 Å². The fourth-order valence-electron chi connectivity index (χ4n) is 3.73. The quantitative estimate of drug-likeness (QED) is 0.872. The third kappa shape index (κ3) is 2.50. The van der Waals surface area contributed by atoms with Crippen molar-refractivity contribution in [3.05, 3.63) is 34.9 Å². The van der Waals surface area contributed by atoms with Crippen LogP contribution in [0.4, 0.5) is 0 Å². The minimum absolute atomic E-state index is 0.127. The predicted octanol–water partition coefficient (Wildman–Crippen LogP) is 2.67. The van der Waals surface area contributed by atoms with Gasteiger partial charge in [-0.2, -0.15) is 5.26 Å². The van der Waals surface area contributed by atoms with E-state index in [-0.39, 0.29) is 12.0 Å². The first-order valence-electron chi connectivity index (χ1n) is 8.03. The van der Waals surface area contributed by atoms with Gasteiger partial charge in [0.25, 0.3) is 0 Å². The van der Waals surface area contributed by atoms with Gasteiger partial charge in [0.05, 0.1) is 24.1 Å². The number of rotatable bonds is 3. The minimum Gasteiger partial charge on any atom is -0.465 e. The molecule has 1 heterocycles. The maximum absolute atomic E-state index is 12.0.